The Morgan fingerprint density at radius 3 is 2.15 bits per heavy atom. The molecule has 0 fully saturated rings. The molecule has 0 aliphatic heterocycles. The van der Waals surface area contributed by atoms with E-state index in [9.17, 15) is 9.90 Å². The van der Waals surface area contributed by atoms with Gasteiger partial charge in [0.2, 0.25) is 0 Å². The summed E-state index contributed by atoms with van der Waals surface area (Å²) >= 11 is 1.28. The number of rotatable bonds is 8. The highest BCUT2D eigenvalue weighted by Gasteiger charge is 2.26. The van der Waals surface area contributed by atoms with E-state index in [0.29, 0.717) is 16.7 Å². The van der Waals surface area contributed by atoms with Gasteiger partial charge in [0.15, 0.2) is 11.0 Å². The van der Waals surface area contributed by atoms with Crippen molar-refractivity contribution in [2.24, 2.45) is 5.10 Å². The van der Waals surface area contributed by atoms with Crippen molar-refractivity contribution in [3.05, 3.63) is 83.4 Å². The number of phenolic OH excluding ortho intramolecular Hbond substituents is 1. The van der Waals surface area contributed by atoms with Crippen LogP contribution >= 0.6 is 11.8 Å². The fourth-order valence-electron chi connectivity index (χ4n) is 4.32. The maximum atomic E-state index is 12.8. The number of methoxy groups -OCH3 is 1. The molecular formula is C32H37N5O3S. The SMILES string of the molecule is COc1ccc(-c2nnc(SCC(=O)N/N=C/c3cc(C(C)(C)C)c(O)c(C(C)(C)C)c3)n2-c2ccccc2)cc1. The van der Waals surface area contributed by atoms with Crippen molar-refractivity contribution in [2.45, 2.75) is 57.5 Å². The van der Waals surface area contributed by atoms with Gasteiger partial charge in [-0.1, -0.05) is 71.5 Å². The van der Waals surface area contributed by atoms with Gasteiger partial charge in [-0.05, 0) is 64.9 Å². The van der Waals surface area contributed by atoms with Crippen molar-refractivity contribution in [3.63, 3.8) is 0 Å². The molecule has 0 bridgehead atoms. The molecule has 2 N–H and O–H groups in total. The summed E-state index contributed by atoms with van der Waals surface area (Å²) in [5.74, 6) is 1.55. The highest BCUT2D eigenvalue weighted by molar-refractivity contribution is 7.99. The minimum Gasteiger partial charge on any atom is -0.507 e. The van der Waals surface area contributed by atoms with E-state index in [4.69, 9.17) is 4.74 Å². The molecule has 8 nitrogen and oxygen atoms in total. The lowest BCUT2D eigenvalue weighted by Gasteiger charge is -2.27. The van der Waals surface area contributed by atoms with Crippen LogP contribution in [0.4, 0.5) is 0 Å². The molecule has 1 heterocycles. The maximum absolute atomic E-state index is 12.8. The topological polar surface area (TPSA) is 102 Å². The van der Waals surface area contributed by atoms with Gasteiger partial charge in [0.1, 0.15) is 11.5 Å². The van der Waals surface area contributed by atoms with Crippen LogP contribution in [0.5, 0.6) is 11.5 Å². The Kier molecular flexibility index (Phi) is 8.87. The zero-order valence-electron chi connectivity index (χ0n) is 24.6. The number of hydrogen-bond donors (Lipinski definition) is 2. The lowest BCUT2D eigenvalue weighted by molar-refractivity contribution is -0.118. The summed E-state index contributed by atoms with van der Waals surface area (Å²) in [4.78, 5) is 12.8. The van der Waals surface area contributed by atoms with Crippen LogP contribution in [-0.4, -0.2) is 44.9 Å². The highest BCUT2D eigenvalue weighted by Crippen LogP contribution is 2.39. The van der Waals surface area contributed by atoms with E-state index >= 15 is 0 Å². The Morgan fingerprint density at radius 1 is 0.976 bits per heavy atom. The number of ether oxygens (including phenoxy) is 1. The number of phenols is 1. The summed E-state index contributed by atoms with van der Waals surface area (Å²) in [6.07, 6.45) is 1.61. The number of carbonyl (C=O) groups is 1. The van der Waals surface area contributed by atoms with Gasteiger partial charge < -0.3 is 9.84 Å². The van der Waals surface area contributed by atoms with Gasteiger partial charge in [0.25, 0.3) is 5.91 Å². The number of para-hydroxylation sites is 1. The largest absolute Gasteiger partial charge is 0.507 e. The second-order valence-electron chi connectivity index (χ2n) is 11.8. The van der Waals surface area contributed by atoms with Crippen LogP contribution in [0.1, 0.15) is 58.2 Å². The number of benzene rings is 3. The molecule has 0 aliphatic carbocycles. The van der Waals surface area contributed by atoms with E-state index < -0.39 is 0 Å². The molecule has 0 saturated carbocycles. The van der Waals surface area contributed by atoms with Gasteiger partial charge in [-0.3, -0.25) is 9.36 Å². The molecule has 3 aromatic carbocycles. The fraction of sp³-hybridized carbons (Fsp3) is 0.312. The van der Waals surface area contributed by atoms with Gasteiger partial charge in [-0.15, -0.1) is 10.2 Å². The molecule has 0 saturated heterocycles. The number of aromatic hydroxyl groups is 1. The molecule has 0 atom stereocenters. The molecule has 9 heteroatoms. The van der Waals surface area contributed by atoms with Crippen molar-refractivity contribution in [1.82, 2.24) is 20.2 Å². The zero-order valence-corrected chi connectivity index (χ0v) is 25.4. The summed E-state index contributed by atoms with van der Waals surface area (Å²) in [5.41, 5.74) is 6.34. The number of carbonyl (C=O) groups excluding carboxylic acids is 1. The van der Waals surface area contributed by atoms with Crippen molar-refractivity contribution in [1.29, 1.82) is 0 Å². The Bertz CT molecular complexity index is 1500. The van der Waals surface area contributed by atoms with Crippen LogP contribution in [0.3, 0.4) is 0 Å². The first-order valence-electron chi connectivity index (χ1n) is 13.4. The van der Waals surface area contributed by atoms with E-state index in [1.54, 1.807) is 13.3 Å². The minimum absolute atomic E-state index is 0.0982. The first kappa shape index (κ1) is 29.9. The average molecular weight is 572 g/mol. The molecule has 0 unspecified atom stereocenters. The smallest absolute Gasteiger partial charge is 0.250 e. The monoisotopic (exact) mass is 571 g/mol. The Hall–Kier alpha value is -4.11. The van der Waals surface area contributed by atoms with Gasteiger partial charge in [-0.2, -0.15) is 5.10 Å². The third-order valence-electron chi connectivity index (χ3n) is 6.48. The number of amides is 1. The second kappa shape index (κ2) is 12.2. The molecular weight excluding hydrogens is 534 g/mol. The summed E-state index contributed by atoms with van der Waals surface area (Å²) in [6, 6.07) is 21.2. The summed E-state index contributed by atoms with van der Waals surface area (Å²) < 4.78 is 7.21. The summed E-state index contributed by atoms with van der Waals surface area (Å²) in [6.45, 7) is 12.3. The van der Waals surface area contributed by atoms with Crippen LogP contribution < -0.4 is 10.2 Å². The number of hydrazone groups is 1. The normalized spacial score (nSPS) is 12.1. The second-order valence-corrected chi connectivity index (χ2v) is 12.7. The van der Waals surface area contributed by atoms with E-state index in [1.807, 2.05) is 71.3 Å². The van der Waals surface area contributed by atoms with Crippen molar-refractivity contribution in [3.8, 4) is 28.6 Å². The molecule has 41 heavy (non-hydrogen) atoms. The third-order valence-corrected chi connectivity index (χ3v) is 7.41. The van der Waals surface area contributed by atoms with E-state index in [2.05, 4.69) is 62.3 Å². The lowest BCUT2D eigenvalue weighted by Crippen LogP contribution is -2.20. The van der Waals surface area contributed by atoms with E-state index in [1.165, 1.54) is 11.8 Å². The predicted molar refractivity (Wildman–Crippen MR) is 165 cm³/mol. The third kappa shape index (κ3) is 7.16. The number of thioether (sulfide) groups is 1. The predicted octanol–water partition coefficient (Wildman–Crippen LogP) is 6.49. The standard InChI is InChI=1S/C32H37N5O3S/c1-31(2,3)25-17-21(18-26(28(25)39)32(4,5)6)19-33-34-27(38)20-41-30-36-35-29(22-13-15-24(40-7)16-14-22)37(30)23-11-9-8-10-12-23/h8-19,39H,20H2,1-7H3,(H,34,38)/b33-19+. The van der Waals surface area contributed by atoms with Gasteiger partial charge in [-0.25, -0.2) is 5.43 Å². The van der Waals surface area contributed by atoms with Crippen molar-refractivity contribution >= 4 is 23.9 Å². The minimum atomic E-state index is -0.272. The van der Waals surface area contributed by atoms with Gasteiger partial charge in [0, 0.05) is 22.4 Å². The molecule has 4 aromatic rings. The van der Waals surface area contributed by atoms with Crippen molar-refractivity contribution < 1.29 is 14.6 Å². The van der Waals surface area contributed by atoms with Crippen LogP contribution in [0.25, 0.3) is 17.1 Å². The van der Waals surface area contributed by atoms with Crippen LogP contribution in [0.2, 0.25) is 0 Å². The Labute approximate surface area is 245 Å². The molecule has 0 radical (unpaired) electrons. The first-order valence-corrected chi connectivity index (χ1v) is 14.3. The number of hydrogen-bond acceptors (Lipinski definition) is 7. The molecule has 1 amide bonds. The Balaban J connectivity index is 1.51. The van der Waals surface area contributed by atoms with Gasteiger partial charge >= 0.3 is 0 Å². The van der Waals surface area contributed by atoms with Gasteiger partial charge in [0.05, 0.1) is 19.1 Å². The zero-order chi connectivity index (χ0) is 29.8. The molecule has 0 aliphatic rings. The number of nitrogens with zero attached hydrogens (tertiary/aromatic N) is 4. The first-order chi connectivity index (χ1) is 19.4. The maximum Gasteiger partial charge on any atom is 0.250 e. The quantitative estimate of drug-likeness (QED) is 0.142. The molecule has 1 aromatic heterocycles. The van der Waals surface area contributed by atoms with E-state index in [0.717, 1.165) is 33.7 Å². The number of nitrogens with one attached hydrogen (secondary N) is 1. The summed E-state index contributed by atoms with van der Waals surface area (Å²) in [7, 11) is 1.63. The summed E-state index contributed by atoms with van der Waals surface area (Å²) in [5, 5.41) is 24.6. The molecule has 4 rings (SSSR count). The highest BCUT2D eigenvalue weighted by atomic mass is 32.2. The van der Waals surface area contributed by atoms with Crippen LogP contribution in [0, 0.1) is 0 Å². The van der Waals surface area contributed by atoms with E-state index in [-0.39, 0.29) is 22.5 Å². The van der Waals surface area contributed by atoms with Crippen LogP contribution in [-0.2, 0) is 15.6 Å². The molecule has 214 valence electrons. The lowest BCUT2D eigenvalue weighted by atomic mass is 9.78. The molecule has 0 spiro atoms. The van der Waals surface area contributed by atoms with Crippen LogP contribution in [0.15, 0.2) is 77.0 Å². The fourth-order valence-corrected chi connectivity index (χ4v) is 5.06. The Morgan fingerprint density at radius 2 is 1.59 bits per heavy atom. The van der Waals surface area contributed by atoms with Crippen molar-refractivity contribution in [2.75, 3.05) is 12.9 Å². The number of aromatic nitrogens is 3. The average Bonchev–Trinajstić information content (AvgIpc) is 3.36.